The number of carbonyl (C=O) groups is 2. The molecule has 130 valence electrons. The van der Waals surface area contributed by atoms with E-state index in [1.807, 2.05) is 51.1 Å². The molecule has 5 heteroatoms. The van der Waals surface area contributed by atoms with Gasteiger partial charge in [0.15, 0.2) is 5.78 Å². The molecule has 1 aliphatic carbocycles. The second-order valence-corrected chi connectivity index (χ2v) is 7.38. The number of para-hydroxylation sites is 1. The molecule has 0 spiro atoms. The van der Waals surface area contributed by atoms with Crippen molar-refractivity contribution in [2.75, 3.05) is 0 Å². The van der Waals surface area contributed by atoms with Gasteiger partial charge in [-0.1, -0.05) is 18.2 Å². The van der Waals surface area contributed by atoms with Gasteiger partial charge < -0.3 is 5.32 Å². The lowest BCUT2D eigenvalue weighted by molar-refractivity contribution is 0.0917. The topological polar surface area (TPSA) is 68.2 Å². The number of pyridine rings is 1. The molecular formula is C20H22N2O3. The third-order valence-electron chi connectivity index (χ3n) is 4.17. The molecule has 0 aliphatic heterocycles. The van der Waals surface area contributed by atoms with E-state index in [1.54, 1.807) is 0 Å². The first-order chi connectivity index (χ1) is 11.8. The fourth-order valence-corrected chi connectivity index (χ4v) is 3.11. The Balaban J connectivity index is 2.25. The van der Waals surface area contributed by atoms with Crippen molar-refractivity contribution >= 4 is 11.7 Å². The lowest BCUT2D eigenvalue weighted by Crippen LogP contribution is -2.44. The van der Waals surface area contributed by atoms with Gasteiger partial charge in [-0.15, -0.1) is 0 Å². The normalized spacial score (nSPS) is 14.1. The van der Waals surface area contributed by atoms with Gasteiger partial charge in [-0.3, -0.25) is 19.0 Å². The molecule has 1 aliphatic rings. The lowest BCUT2D eigenvalue weighted by Gasteiger charge is -2.24. The summed E-state index contributed by atoms with van der Waals surface area (Å²) in [7, 11) is 0. The van der Waals surface area contributed by atoms with E-state index in [0.29, 0.717) is 36.2 Å². The molecule has 0 unspecified atom stereocenters. The quantitative estimate of drug-likeness (QED) is 0.915. The van der Waals surface area contributed by atoms with Crippen molar-refractivity contribution in [2.45, 2.75) is 45.6 Å². The van der Waals surface area contributed by atoms with Crippen molar-refractivity contribution in [1.82, 2.24) is 9.88 Å². The number of rotatable bonds is 2. The smallest absolute Gasteiger partial charge is 0.268 e. The summed E-state index contributed by atoms with van der Waals surface area (Å²) in [4.78, 5) is 38.1. The first-order valence-corrected chi connectivity index (χ1v) is 8.48. The Morgan fingerprint density at radius 2 is 1.76 bits per heavy atom. The summed E-state index contributed by atoms with van der Waals surface area (Å²) in [5.41, 5.74) is 0.993. The molecule has 1 aromatic heterocycles. The highest BCUT2D eigenvalue weighted by molar-refractivity contribution is 6.02. The number of benzene rings is 1. The van der Waals surface area contributed by atoms with Gasteiger partial charge in [0.1, 0.15) is 5.56 Å². The van der Waals surface area contributed by atoms with Crippen molar-refractivity contribution in [3.63, 3.8) is 0 Å². The maximum atomic E-state index is 13.1. The van der Waals surface area contributed by atoms with Crippen molar-refractivity contribution in [3.8, 4) is 5.69 Å². The highest BCUT2D eigenvalue weighted by Crippen LogP contribution is 2.23. The Bertz CT molecular complexity index is 890. The molecule has 1 aromatic carbocycles. The zero-order chi connectivity index (χ0) is 18.2. The average Bonchev–Trinajstić information content (AvgIpc) is 2.54. The standard InChI is InChI=1S/C20H22N2O3/c1-20(2,3)21-18(24)15-12-14-16(10-7-11-17(14)23)22(19(15)25)13-8-5-4-6-9-13/h4-6,8-9,12H,7,10-11H2,1-3H3,(H,21,24). The molecule has 3 rings (SSSR count). The molecule has 1 N–H and O–H groups in total. The molecule has 0 radical (unpaired) electrons. The van der Waals surface area contributed by atoms with Crippen LogP contribution in [0.2, 0.25) is 0 Å². The predicted octanol–water partition coefficient (Wildman–Crippen LogP) is 2.88. The van der Waals surface area contributed by atoms with Gasteiger partial charge in [0, 0.05) is 28.9 Å². The van der Waals surface area contributed by atoms with Crippen molar-refractivity contribution < 1.29 is 9.59 Å². The molecule has 0 atom stereocenters. The second-order valence-electron chi connectivity index (χ2n) is 7.38. The Morgan fingerprint density at radius 1 is 1.08 bits per heavy atom. The maximum Gasteiger partial charge on any atom is 0.268 e. The Labute approximate surface area is 146 Å². The minimum atomic E-state index is -0.471. The number of fused-ring (bicyclic) bond motifs is 1. The predicted molar refractivity (Wildman–Crippen MR) is 96.5 cm³/mol. The van der Waals surface area contributed by atoms with Gasteiger partial charge >= 0.3 is 0 Å². The number of hydrogen-bond donors (Lipinski definition) is 1. The first kappa shape index (κ1) is 17.1. The molecule has 0 fully saturated rings. The van der Waals surface area contributed by atoms with Crippen LogP contribution in [0, 0.1) is 0 Å². The van der Waals surface area contributed by atoms with Crippen LogP contribution in [0.4, 0.5) is 0 Å². The number of ketones is 1. The van der Waals surface area contributed by atoms with Crippen molar-refractivity contribution in [1.29, 1.82) is 0 Å². The van der Waals surface area contributed by atoms with Crippen LogP contribution in [0.15, 0.2) is 41.2 Å². The molecule has 1 heterocycles. The monoisotopic (exact) mass is 338 g/mol. The van der Waals surface area contributed by atoms with Crippen LogP contribution in [0.3, 0.4) is 0 Å². The van der Waals surface area contributed by atoms with Gasteiger partial charge in [-0.2, -0.15) is 0 Å². The van der Waals surface area contributed by atoms with Crippen LogP contribution >= 0.6 is 0 Å². The Kier molecular flexibility index (Phi) is 4.33. The van der Waals surface area contributed by atoms with E-state index in [-0.39, 0.29) is 16.9 Å². The highest BCUT2D eigenvalue weighted by atomic mass is 16.2. The highest BCUT2D eigenvalue weighted by Gasteiger charge is 2.27. The number of nitrogens with zero attached hydrogens (tertiary/aromatic N) is 1. The number of carbonyl (C=O) groups excluding carboxylic acids is 2. The SMILES string of the molecule is CC(C)(C)NC(=O)c1cc2c(n(-c3ccccc3)c1=O)CCCC2=O. The molecule has 5 nitrogen and oxygen atoms in total. The third kappa shape index (κ3) is 3.40. The van der Waals surface area contributed by atoms with Crippen LogP contribution in [-0.4, -0.2) is 21.8 Å². The fraction of sp³-hybridized carbons (Fsp3) is 0.350. The summed E-state index contributed by atoms with van der Waals surface area (Å²) < 4.78 is 1.52. The van der Waals surface area contributed by atoms with Crippen molar-refractivity contribution in [2.24, 2.45) is 0 Å². The van der Waals surface area contributed by atoms with Gasteiger partial charge in [0.25, 0.3) is 11.5 Å². The van der Waals surface area contributed by atoms with Gasteiger partial charge in [0.2, 0.25) is 0 Å². The van der Waals surface area contributed by atoms with Gasteiger partial charge in [-0.25, -0.2) is 0 Å². The van der Waals surface area contributed by atoms with E-state index in [4.69, 9.17) is 0 Å². The van der Waals surface area contributed by atoms with Crippen LogP contribution in [-0.2, 0) is 6.42 Å². The summed E-state index contributed by atoms with van der Waals surface area (Å²) in [6, 6.07) is 10.6. The molecule has 2 aromatic rings. The van der Waals surface area contributed by atoms with E-state index in [9.17, 15) is 14.4 Å². The molecule has 25 heavy (non-hydrogen) atoms. The second kappa shape index (κ2) is 6.31. The lowest BCUT2D eigenvalue weighted by atomic mass is 9.92. The van der Waals surface area contributed by atoms with E-state index in [1.165, 1.54) is 10.6 Å². The largest absolute Gasteiger partial charge is 0.347 e. The van der Waals surface area contributed by atoms with E-state index >= 15 is 0 Å². The van der Waals surface area contributed by atoms with E-state index < -0.39 is 11.4 Å². The zero-order valence-electron chi connectivity index (χ0n) is 14.8. The number of nitrogens with one attached hydrogen (secondary N) is 1. The number of amides is 1. The van der Waals surface area contributed by atoms with Gasteiger partial charge in [0.05, 0.1) is 0 Å². The van der Waals surface area contributed by atoms with Crippen LogP contribution in [0.1, 0.15) is 60.0 Å². The van der Waals surface area contributed by atoms with Crippen LogP contribution in [0.25, 0.3) is 5.69 Å². The fourth-order valence-electron chi connectivity index (χ4n) is 3.11. The van der Waals surface area contributed by atoms with E-state index in [2.05, 4.69) is 5.32 Å². The average molecular weight is 338 g/mol. The van der Waals surface area contributed by atoms with Gasteiger partial charge in [-0.05, 0) is 51.8 Å². The van der Waals surface area contributed by atoms with E-state index in [0.717, 1.165) is 0 Å². The summed E-state index contributed by atoms with van der Waals surface area (Å²) >= 11 is 0. The molecular weight excluding hydrogens is 316 g/mol. The van der Waals surface area contributed by atoms with Crippen LogP contribution < -0.4 is 10.9 Å². The summed E-state index contributed by atoms with van der Waals surface area (Å²) in [6.45, 7) is 5.55. The zero-order valence-corrected chi connectivity index (χ0v) is 14.8. The minimum absolute atomic E-state index is 0.00720. The Hall–Kier alpha value is -2.69. The number of aromatic nitrogens is 1. The number of Topliss-reactive ketones (excluding diaryl/α,β-unsaturated/α-hetero) is 1. The van der Waals surface area contributed by atoms with Crippen molar-refractivity contribution in [3.05, 3.63) is 63.6 Å². The summed E-state index contributed by atoms with van der Waals surface area (Å²) in [6.07, 6.45) is 1.80. The Morgan fingerprint density at radius 3 is 2.40 bits per heavy atom. The third-order valence-corrected chi connectivity index (χ3v) is 4.17. The maximum absolute atomic E-state index is 13.1. The number of hydrogen-bond acceptors (Lipinski definition) is 3. The molecule has 0 bridgehead atoms. The minimum Gasteiger partial charge on any atom is -0.347 e. The van der Waals surface area contributed by atoms with Crippen LogP contribution in [0.5, 0.6) is 0 Å². The summed E-state index contributed by atoms with van der Waals surface area (Å²) in [5, 5.41) is 2.81. The molecule has 1 amide bonds. The molecule has 0 saturated heterocycles. The first-order valence-electron chi connectivity index (χ1n) is 8.48. The molecule has 0 saturated carbocycles. The summed E-state index contributed by atoms with van der Waals surface area (Å²) in [5.74, 6) is -0.473.